The van der Waals surface area contributed by atoms with Gasteiger partial charge < -0.3 is 15.4 Å². The van der Waals surface area contributed by atoms with Gasteiger partial charge in [-0.2, -0.15) is 0 Å². The SMILES string of the molecule is CCCOc1cc(N)cc(N2CC3CCCC3C2)c1. The highest BCUT2D eigenvalue weighted by atomic mass is 16.5. The van der Waals surface area contributed by atoms with E-state index in [1.165, 1.54) is 38.0 Å². The van der Waals surface area contributed by atoms with E-state index >= 15 is 0 Å². The summed E-state index contributed by atoms with van der Waals surface area (Å²) in [5, 5.41) is 0. The number of nitrogens with zero attached hydrogens (tertiary/aromatic N) is 1. The highest BCUT2D eigenvalue weighted by Crippen LogP contribution is 2.40. The van der Waals surface area contributed by atoms with Crippen LogP contribution in [-0.2, 0) is 0 Å². The molecule has 1 saturated carbocycles. The van der Waals surface area contributed by atoms with Crippen LogP contribution in [0.1, 0.15) is 32.6 Å². The van der Waals surface area contributed by atoms with Crippen LogP contribution in [0.25, 0.3) is 0 Å². The van der Waals surface area contributed by atoms with Crippen LogP contribution >= 0.6 is 0 Å². The number of nitrogens with two attached hydrogens (primary N) is 1. The van der Waals surface area contributed by atoms with Crippen LogP contribution in [0, 0.1) is 11.8 Å². The summed E-state index contributed by atoms with van der Waals surface area (Å²) >= 11 is 0. The van der Waals surface area contributed by atoms with Crippen molar-refractivity contribution in [2.24, 2.45) is 11.8 Å². The monoisotopic (exact) mass is 260 g/mol. The Hall–Kier alpha value is -1.38. The third-order valence-electron chi connectivity index (χ3n) is 4.48. The summed E-state index contributed by atoms with van der Waals surface area (Å²) in [4.78, 5) is 2.49. The molecule has 0 aromatic heterocycles. The molecule has 2 unspecified atom stereocenters. The van der Waals surface area contributed by atoms with Gasteiger partial charge in [0, 0.05) is 36.6 Å². The lowest BCUT2D eigenvalue weighted by Gasteiger charge is -2.21. The molecule has 1 heterocycles. The first kappa shape index (κ1) is 12.6. The number of fused-ring (bicyclic) bond motifs is 1. The Balaban J connectivity index is 1.75. The van der Waals surface area contributed by atoms with Crippen LogP contribution in [0.2, 0.25) is 0 Å². The summed E-state index contributed by atoms with van der Waals surface area (Å²) in [6, 6.07) is 6.16. The molecule has 2 N–H and O–H groups in total. The minimum Gasteiger partial charge on any atom is -0.493 e. The van der Waals surface area contributed by atoms with E-state index in [9.17, 15) is 0 Å². The fourth-order valence-electron chi connectivity index (χ4n) is 3.54. The van der Waals surface area contributed by atoms with Crippen molar-refractivity contribution < 1.29 is 4.74 Å². The number of hydrogen-bond donors (Lipinski definition) is 1. The Morgan fingerprint density at radius 3 is 2.63 bits per heavy atom. The molecule has 3 heteroatoms. The Labute approximate surface area is 115 Å². The first-order valence-corrected chi connectivity index (χ1v) is 7.54. The lowest BCUT2D eigenvalue weighted by atomic mass is 10.0. The molecule has 0 amide bonds. The number of rotatable bonds is 4. The molecule has 1 saturated heterocycles. The molecule has 3 rings (SSSR count). The summed E-state index contributed by atoms with van der Waals surface area (Å²) in [6.45, 7) is 5.27. The van der Waals surface area contributed by atoms with Crippen molar-refractivity contribution in [3.05, 3.63) is 18.2 Å². The second kappa shape index (κ2) is 5.32. The second-order valence-corrected chi connectivity index (χ2v) is 5.96. The van der Waals surface area contributed by atoms with E-state index in [2.05, 4.69) is 24.0 Å². The summed E-state index contributed by atoms with van der Waals surface area (Å²) in [7, 11) is 0. The molecule has 3 nitrogen and oxygen atoms in total. The van der Waals surface area contributed by atoms with Gasteiger partial charge in [-0.25, -0.2) is 0 Å². The van der Waals surface area contributed by atoms with Crippen molar-refractivity contribution in [2.45, 2.75) is 32.6 Å². The molecule has 19 heavy (non-hydrogen) atoms. The normalized spacial score (nSPS) is 25.6. The Kier molecular flexibility index (Phi) is 3.54. The van der Waals surface area contributed by atoms with E-state index < -0.39 is 0 Å². The van der Waals surface area contributed by atoms with Crippen molar-refractivity contribution in [3.8, 4) is 5.75 Å². The van der Waals surface area contributed by atoms with E-state index in [0.717, 1.165) is 36.3 Å². The zero-order valence-electron chi connectivity index (χ0n) is 11.8. The number of hydrogen-bond acceptors (Lipinski definition) is 3. The molecule has 2 aliphatic rings. The maximum atomic E-state index is 6.01. The maximum absolute atomic E-state index is 6.01. The van der Waals surface area contributed by atoms with Gasteiger partial charge in [-0.15, -0.1) is 0 Å². The second-order valence-electron chi connectivity index (χ2n) is 5.96. The average molecular weight is 260 g/mol. The average Bonchev–Trinajstić information content (AvgIpc) is 2.96. The van der Waals surface area contributed by atoms with Crippen molar-refractivity contribution in [1.29, 1.82) is 0 Å². The van der Waals surface area contributed by atoms with Gasteiger partial charge in [0.15, 0.2) is 0 Å². The van der Waals surface area contributed by atoms with E-state index in [-0.39, 0.29) is 0 Å². The van der Waals surface area contributed by atoms with Crippen LogP contribution in [0.15, 0.2) is 18.2 Å². The molecule has 2 fully saturated rings. The zero-order chi connectivity index (χ0) is 13.2. The molecule has 1 aromatic carbocycles. The fourth-order valence-corrected chi connectivity index (χ4v) is 3.54. The molecule has 1 aliphatic heterocycles. The number of benzene rings is 1. The Morgan fingerprint density at radius 1 is 1.21 bits per heavy atom. The van der Waals surface area contributed by atoms with E-state index in [4.69, 9.17) is 10.5 Å². The van der Waals surface area contributed by atoms with Crippen molar-refractivity contribution in [2.75, 3.05) is 30.3 Å². The minimum atomic E-state index is 0.758. The van der Waals surface area contributed by atoms with E-state index in [0.29, 0.717) is 0 Å². The third-order valence-corrected chi connectivity index (χ3v) is 4.48. The predicted molar refractivity (Wildman–Crippen MR) is 79.7 cm³/mol. The topological polar surface area (TPSA) is 38.5 Å². The molecule has 0 bridgehead atoms. The Morgan fingerprint density at radius 2 is 1.95 bits per heavy atom. The molecule has 0 spiro atoms. The van der Waals surface area contributed by atoms with Gasteiger partial charge in [-0.1, -0.05) is 13.3 Å². The first-order valence-electron chi connectivity index (χ1n) is 7.54. The van der Waals surface area contributed by atoms with Crippen LogP contribution in [0.5, 0.6) is 5.75 Å². The van der Waals surface area contributed by atoms with Gasteiger partial charge in [0.25, 0.3) is 0 Å². The highest BCUT2D eigenvalue weighted by Gasteiger charge is 2.36. The van der Waals surface area contributed by atoms with E-state index in [1.807, 2.05) is 6.07 Å². The number of ether oxygens (including phenoxy) is 1. The third kappa shape index (κ3) is 2.65. The van der Waals surface area contributed by atoms with Gasteiger partial charge >= 0.3 is 0 Å². The molecular weight excluding hydrogens is 236 g/mol. The number of nitrogen functional groups attached to an aromatic ring is 1. The zero-order valence-corrected chi connectivity index (χ0v) is 11.8. The van der Waals surface area contributed by atoms with Crippen LogP contribution < -0.4 is 15.4 Å². The molecule has 2 atom stereocenters. The van der Waals surface area contributed by atoms with E-state index in [1.54, 1.807) is 0 Å². The smallest absolute Gasteiger partial charge is 0.123 e. The first-order chi connectivity index (χ1) is 9.26. The summed E-state index contributed by atoms with van der Waals surface area (Å²) in [5.41, 5.74) is 8.05. The molecular formula is C16H24N2O. The van der Waals surface area contributed by atoms with Crippen LogP contribution in [-0.4, -0.2) is 19.7 Å². The lowest BCUT2D eigenvalue weighted by molar-refractivity contribution is 0.317. The summed E-state index contributed by atoms with van der Waals surface area (Å²) < 4.78 is 5.72. The maximum Gasteiger partial charge on any atom is 0.123 e. The van der Waals surface area contributed by atoms with Gasteiger partial charge in [-0.05, 0) is 37.2 Å². The van der Waals surface area contributed by atoms with Gasteiger partial charge in [-0.3, -0.25) is 0 Å². The lowest BCUT2D eigenvalue weighted by Crippen LogP contribution is -2.20. The predicted octanol–water partition coefficient (Wildman–Crippen LogP) is 3.29. The highest BCUT2D eigenvalue weighted by molar-refractivity contribution is 5.61. The molecule has 0 radical (unpaired) electrons. The van der Waals surface area contributed by atoms with Crippen molar-refractivity contribution in [3.63, 3.8) is 0 Å². The van der Waals surface area contributed by atoms with Crippen molar-refractivity contribution >= 4 is 11.4 Å². The number of anilines is 2. The molecule has 104 valence electrons. The minimum absolute atomic E-state index is 0.758. The van der Waals surface area contributed by atoms with Crippen LogP contribution in [0.3, 0.4) is 0 Å². The standard InChI is InChI=1S/C16H24N2O/c1-2-6-19-16-8-14(17)7-15(9-16)18-10-12-4-3-5-13(12)11-18/h7-9,12-13H,2-6,10-11,17H2,1H3. The Bertz CT molecular complexity index is 434. The molecule has 1 aromatic rings. The molecule has 1 aliphatic carbocycles. The summed E-state index contributed by atoms with van der Waals surface area (Å²) in [5.74, 6) is 2.72. The summed E-state index contributed by atoms with van der Waals surface area (Å²) in [6.07, 6.45) is 5.26. The quantitative estimate of drug-likeness (QED) is 0.844. The fraction of sp³-hybridized carbons (Fsp3) is 0.625. The van der Waals surface area contributed by atoms with Gasteiger partial charge in [0.2, 0.25) is 0 Å². The van der Waals surface area contributed by atoms with Gasteiger partial charge in [0.1, 0.15) is 5.75 Å². The van der Waals surface area contributed by atoms with Gasteiger partial charge in [0.05, 0.1) is 6.61 Å². The van der Waals surface area contributed by atoms with Crippen LogP contribution in [0.4, 0.5) is 11.4 Å². The van der Waals surface area contributed by atoms with Crippen molar-refractivity contribution in [1.82, 2.24) is 0 Å². The largest absolute Gasteiger partial charge is 0.493 e.